The average molecular weight is 184 g/mol. The minimum Gasteiger partial charge on any atom is -0.314 e. The predicted octanol–water partition coefficient (Wildman–Crippen LogP) is 1.86. The molecule has 1 aliphatic heterocycles. The van der Waals surface area contributed by atoms with Crippen LogP contribution >= 0.6 is 0 Å². The third-order valence-corrected chi connectivity index (χ3v) is 2.91. The van der Waals surface area contributed by atoms with Crippen LogP contribution in [0.3, 0.4) is 0 Å². The van der Waals surface area contributed by atoms with Crippen molar-refractivity contribution in [2.75, 3.05) is 26.2 Å². The van der Waals surface area contributed by atoms with Crippen LogP contribution in [0, 0.1) is 0 Å². The minimum absolute atomic E-state index is 0.858. The lowest BCUT2D eigenvalue weighted by Gasteiger charge is -2.34. The summed E-state index contributed by atoms with van der Waals surface area (Å²) in [6, 6.07) is 0.858. The van der Waals surface area contributed by atoms with Crippen molar-refractivity contribution in [2.24, 2.45) is 0 Å². The largest absolute Gasteiger partial charge is 0.314 e. The first-order valence-electron chi connectivity index (χ1n) is 5.83. The Morgan fingerprint density at radius 2 is 1.62 bits per heavy atom. The first kappa shape index (κ1) is 11.0. The van der Waals surface area contributed by atoms with Crippen LogP contribution < -0.4 is 5.32 Å². The Morgan fingerprint density at radius 1 is 1.08 bits per heavy atom. The zero-order chi connectivity index (χ0) is 9.52. The van der Waals surface area contributed by atoms with Gasteiger partial charge in [0.05, 0.1) is 0 Å². The molecule has 0 atom stereocenters. The van der Waals surface area contributed by atoms with E-state index in [1.165, 1.54) is 51.9 Å². The van der Waals surface area contributed by atoms with Crippen molar-refractivity contribution in [3.63, 3.8) is 0 Å². The van der Waals surface area contributed by atoms with Gasteiger partial charge in [-0.1, -0.05) is 26.7 Å². The first-order valence-corrected chi connectivity index (χ1v) is 5.83. The van der Waals surface area contributed by atoms with Gasteiger partial charge in [-0.3, -0.25) is 4.90 Å². The fraction of sp³-hybridized carbons (Fsp3) is 1.00. The Kier molecular flexibility index (Phi) is 5.40. The van der Waals surface area contributed by atoms with Gasteiger partial charge in [-0.2, -0.15) is 0 Å². The number of hydrogen-bond acceptors (Lipinski definition) is 2. The molecular formula is C11H24N2. The van der Waals surface area contributed by atoms with Crippen LogP contribution in [-0.4, -0.2) is 37.1 Å². The summed E-state index contributed by atoms with van der Waals surface area (Å²) in [5.41, 5.74) is 0. The van der Waals surface area contributed by atoms with E-state index in [0.717, 1.165) is 6.04 Å². The van der Waals surface area contributed by atoms with E-state index in [4.69, 9.17) is 0 Å². The first-order chi connectivity index (χ1) is 6.38. The summed E-state index contributed by atoms with van der Waals surface area (Å²) in [6.07, 6.45) is 5.42. The number of hydrogen-bond donors (Lipinski definition) is 1. The van der Waals surface area contributed by atoms with E-state index in [-0.39, 0.29) is 0 Å². The maximum atomic E-state index is 3.41. The van der Waals surface area contributed by atoms with Gasteiger partial charge in [0.25, 0.3) is 0 Å². The summed E-state index contributed by atoms with van der Waals surface area (Å²) >= 11 is 0. The van der Waals surface area contributed by atoms with Crippen LogP contribution in [0.1, 0.15) is 39.5 Å². The van der Waals surface area contributed by atoms with Crippen LogP contribution in [0.2, 0.25) is 0 Å². The zero-order valence-electron chi connectivity index (χ0n) is 9.18. The summed E-state index contributed by atoms with van der Waals surface area (Å²) in [5, 5.41) is 3.41. The van der Waals surface area contributed by atoms with Crippen molar-refractivity contribution in [3.8, 4) is 0 Å². The van der Waals surface area contributed by atoms with Crippen molar-refractivity contribution in [1.29, 1.82) is 0 Å². The molecule has 1 aliphatic rings. The highest BCUT2D eigenvalue weighted by Gasteiger charge is 2.18. The fourth-order valence-corrected chi connectivity index (χ4v) is 2.22. The van der Waals surface area contributed by atoms with Crippen molar-refractivity contribution >= 4 is 0 Å². The Hall–Kier alpha value is -0.0800. The van der Waals surface area contributed by atoms with Gasteiger partial charge in [0.1, 0.15) is 0 Å². The lowest BCUT2D eigenvalue weighted by Crippen LogP contribution is -2.48. The summed E-state index contributed by atoms with van der Waals surface area (Å²) in [7, 11) is 0. The molecule has 1 fully saturated rings. The lowest BCUT2D eigenvalue weighted by atomic mass is 10.0. The van der Waals surface area contributed by atoms with Gasteiger partial charge in [0.2, 0.25) is 0 Å². The Bertz CT molecular complexity index is 113. The molecule has 0 aromatic rings. The molecule has 1 rings (SSSR count). The van der Waals surface area contributed by atoms with E-state index in [1.807, 2.05) is 0 Å². The standard InChI is InChI=1S/C11H24N2/c1-3-5-11(6-4-2)13-9-7-12-8-10-13/h11-12H,3-10H2,1-2H3. The molecule has 13 heavy (non-hydrogen) atoms. The van der Waals surface area contributed by atoms with Crippen LogP contribution in [0.4, 0.5) is 0 Å². The molecule has 1 N–H and O–H groups in total. The maximum absolute atomic E-state index is 3.41. The molecular weight excluding hydrogens is 160 g/mol. The smallest absolute Gasteiger partial charge is 0.0110 e. The second kappa shape index (κ2) is 6.39. The molecule has 2 heteroatoms. The van der Waals surface area contributed by atoms with E-state index >= 15 is 0 Å². The number of rotatable bonds is 5. The highest BCUT2D eigenvalue weighted by molar-refractivity contribution is 4.75. The Labute approximate surface area is 82.7 Å². The van der Waals surface area contributed by atoms with Gasteiger partial charge in [0, 0.05) is 32.2 Å². The molecule has 0 unspecified atom stereocenters. The Morgan fingerprint density at radius 3 is 2.08 bits per heavy atom. The van der Waals surface area contributed by atoms with Gasteiger partial charge in [-0.15, -0.1) is 0 Å². The fourth-order valence-electron chi connectivity index (χ4n) is 2.22. The van der Waals surface area contributed by atoms with Crippen molar-refractivity contribution < 1.29 is 0 Å². The normalized spacial score (nSPS) is 19.6. The monoisotopic (exact) mass is 184 g/mol. The minimum atomic E-state index is 0.858. The van der Waals surface area contributed by atoms with Crippen molar-refractivity contribution in [3.05, 3.63) is 0 Å². The SMILES string of the molecule is CCCC(CCC)N1CCNCC1. The van der Waals surface area contributed by atoms with E-state index in [1.54, 1.807) is 0 Å². The van der Waals surface area contributed by atoms with Crippen molar-refractivity contribution in [2.45, 2.75) is 45.6 Å². The predicted molar refractivity (Wildman–Crippen MR) is 58.0 cm³/mol. The second-order valence-electron chi connectivity index (χ2n) is 4.02. The van der Waals surface area contributed by atoms with E-state index in [9.17, 15) is 0 Å². The van der Waals surface area contributed by atoms with Crippen molar-refractivity contribution in [1.82, 2.24) is 10.2 Å². The zero-order valence-corrected chi connectivity index (χ0v) is 9.18. The van der Waals surface area contributed by atoms with E-state index in [2.05, 4.69) is 24.1 Å². The molecule has 1 saturated heterocycles. The highest BCUT2D eigenvalue weighted by atomic mass is 15.2. The van der Waals surface area contributed by atoms with Crippen LogP contribution in [0.5, 0.6) is 0 Å². The summed E-state index contributed by atoms with van der Waals surface area (Å²) < 4.78 is 0. The third kappa shape index (κ3) is 3.65. The van der Waals surface area contributed by atoms with Gasteiger partial charge in [-0.25, -0.2) is 0 Å². The molecule has 0 spiro atoms. The molecule has 0 aromatic carbocycles. The molecule has 0 saturated carbocycles. The third-order valence-electron chi connectivity index (χ3n) is 2.91. The van der Waals surface area contributed by atoms with Gasteiger partial charge in [-0.05, 0) is 12.8 Å². The molecule has 0 bridgehead atoms. The molecule has 0 aromatic heterocycles. The summed E-state index contributed by atoms with van der Waals surface area (Å²) in [4.78, 5) is 2.67. The summed E-state index contributed by atoms with van der Waals surface area (Å²) in [6.45, 7) is 9.47. The molecule has 1 heterocycles. The number of nitrogens with one attached hydrogen (secondary N) is 1. The van der Waals surface area contributed by atoms with E-state index < -0.39 is 0 Å². The quantitative estimate of drug-likeness (QED) is 0.701. The van der Waals surface area contributed by atoms with Crippen LogP contribution in [-0.2, 0) is 0 Å². The molecule has 2 nitrogen and oxygen atoms in total. The summed E-state index contributed by atoms with van der Waals surface area (Å²) in [5.74, 6) is 0. The number of piperazine rings is 1. The van der Waals surface area contributed by atoms with Crippen LogP contribution in [0.25, 0.3) is 0 Å². The molecule has 0 aliphatic carbocycles. The van der Waals surface area contributed by atoms with Crippen LogP contribution in [0.15, 0.2) is 0 Å². The average Bonchev–Trinajstić information content (AvgIpc) is 2.19. The molecule has 0 amide bonds. The van der Waals surface area contributed by atoms with Gasteiger partial charge in [0.15, 0.2) is 0 Å². The maximum Gasteiger partial charge on any atom is 0.0110 e. The number of nitrogens with zero attached hydrogens (tertiary/aromatic N) is 1. The second-order valence-corrected chi connectivity index (χ2v) is 4.02. The Balaban J connectivity index is 2.32. The van der Waals surface area contributed by atoms with Gasteiger partial charge >= 0.3 is 0 Å². The van der Waals surface area contributed by atoms with E-state index in [0.29, 0.717) is 0 Å². The molecule has 78 valence electrons. The van der Waals surface area contributed by atoms with Gasteiger partial charge < -0.3 is 5.32 Å². The topological polar surface area (TPSA) is 15.3 Å². The lowest BCUT2D eigenvalue weighted by molar-refractivity contribution is 0.155. The highest BCUT2D eigenvalue weighted by Crippen LogP contribution is 2.13. The molecule has 0 radical (unpaired) electrons.